The molecule has 0 bridgehead atoms. The van der Waals surface area contributed by atoms with Crippen LogP contribution in [0.4, 0.5) is 0 Å². The lowest BCUT2D eigenvalue weighted by molar-refractivity contribution is 0.546. The Kier molecular flexibility index (Phi) is 13.6. The van der Waals surface area contributed by atoms with E-state index in [0.29, 0.717) is 5.38 Å². The third-order valence-electron chi connectivity index (χ3n) is 3.24. The molecule has 0 aromatic rings. The molecule has 0 aliphatic carbocycles. The zero-order valence-electron chi connectivity index (χ0n) is 11.4. The quantitative estimate of drug-likeness (QED) is 0.279. The molecular formula is C15H31Cl. The fraction of sp³-hybridized carbons (Fsp3) is 1.00. The molecule has 0 nitrogen and oxygen atoms in total. The Hall–Kier alpha value is 0.290. The van der Waals surface area contributed by atoms with Crippen LogP contribution in [0.3, 0.4) is 0 Å². The van der Waals surface area contributed by atoms with Crippen molar-refractivity contribution in [3.8, 4) is 0 Å². The Labute approximate surface area is 108 Å². The van der Waals surface area contributed by atoms with E-state index < -0.39 is 0 Å². The summed E-state index contributed by atoms with van der Waals surface area (Å²) >= 11 is 6.24. The lowest BCUT2D eigenvalue weighted by Crippen LogP contribution is -1.97. The third kappa shape index (κ3) is 12.4. The Balaban J connectivity index is 3.02. The summed E-state index contributed by atoms with van der Waals surface area (Å²) in [6.45, 7) is 4.51. The first-order valence-corrected chi connectivity index (χ1v) is 7.89. The molecule has 0 saturated heterocycles. The zero-order valence-corrected chi connectivity index (χ0v) is 12.2. The molecule has 98 valence electrons. The van der Waals surface area contributed by atoms with Crippen molar-refractivity contribution in [1.29, 1.82) is 0 Å². The molecule has 0 aromatic heterocycles. The molecule has 0 N–H and O–H groups in total. The van der Waals surface area contributed by atoms with Crippen molar-refractivity contribution in [3.63, 3.8) is 0 Å². The highest BCUT2D eigenvalue weighted by molar-refractivity contribution is 6.20. The maximum atomic E-state index is 6.24. The van der Waals surface area contributed by atoms with Crippen LogP contribution < -0.4 is 0 Å². The van der Waals surface area contributed by atoms with Crippen LogP contribution in [-0.4, -0.2) is 5.38 Å². The lowest BCUT2D eigenvalue weighted by Gasteiger charge is -2.08. The summed E-state index contributed by atoms with van der Waals surface area (Å²) in [5, 5.41) is 0.444. The molecule has 0 aliphatic heterocycles. The van der Waals surface area contributed by atoms with E-state index in [1.807, 2.05) is 0 Å². The van der Waals surface area contributed by atoms with Crippen molar-refractivity contribution in [3.05, 3.63) is 0 Å². The topological polar surface area (TPSA) is 0 Å². The summed E-state index contributed by atoms with van der Waals surface area (Å²) in [4.78, 5) is 0. The molecule has 0 heterocycles. The molecular weight excluding hydrogens is 216 g/mol. The smallest absolute Gasteiger partial charge is 0.0336 e. The van der Waals surface area contributed by atoms with Gasteiger partial charge >= 0.3 is 0 Å². The van der Waals surface area contributed by atoms with Gasteiger partial charge in [-0.2, -0.15) is 0 Å². The van der Waals surface area contributed by atoms with Crippen molar-refractivity contribution in [2.45, 2.75) is 96.3 Å². The second-order valence-electron chi connectivity index (χ2n) is 5.00. The van der Waals surface area contributed by atoms with Crippen molar-refractivity contribution in [2.75, 3.05) is 0 Å². The molecule has 1 atom stereocenters. The van der Waals surface area contributed by atoms with Gasteiger partial charge in [-0.15, -0.1) is 11.6 Å². The minimum absolute atomic E-state index is 0.444. The minimum atomic E-state index is 0.444. The molecule has 0 aromatic carbocycles. The molecule has 0 radical (unpaired) electrons. The van der Waals surface area contributed by atoms with E-state index in [4.69, 9.17) is 11.6 Å². The van der Waals surface area contributed by atoms with Crippen LogP contribution in [0, 0.1) is 0 Å². The van der Waals surface area contributed by atoms with Crippen LogP contribution in [-0.2, 0) is 0 Å². The van der Waals surface area contributed by atoms with Crippen molar-refractivity contribution < 1.29 is 0 Å². The summed E-state index contributed by atoms with van der Waals surface area (Å²) in [5.41, 5.74) is 0. The zero-order chi connectivity index (χ0) is 12.1. The summed E-state index contributed by atoms with van der Waals surface area (Å²) in [6.07, 6.45) is 16.2. The fourth-order valence-electron chi connectivity index (χ4n) is 2.07. The molecule has 0 aliphatic rings. The molecule has 1 unspecified atom stereocenters. The Morgan fingerprint density at radius 2 is 1.06 bits per heavy atom. The molecule has 1 heteroatoms. The van der Waals surface area contributed by atoms with Crippen LogP contribution in [0.15, 0.2) is 0 Å². The summed E-state index contributed by atoms with van der Waals surface area (Å²) in [7, 11) is 0. The van der Waals surface area contributed by atoms with Crippen LogP contribution >= 0.6 is 11.6 Å². The summed E-state index contributed by atoms with van der Waals surface area (Å²) in [5.74, 6) is 0. The van der Waals surface area contributed by atoms with Gasteiger partial charge in [0.15, 0.2) is 0 Å². The van der Waals surface area contributed by atoms with Gasteiger partial charge in [-0.1, -0.05) is 78.1 Å². The monoisotopic (exact) mass is 246 g/mol. The van der Waals surface area contributed by atoms with Gasteiger partial charge in [-0.3, -0.25) is 0 Å². The minimum Gasteiger partial charge on any atom is -0.123 e. The Morgan fingerprint density at radius 1 is 0.625 bits per heavy atom. The third-order valence-corrected chi connectivity index (χ3v) is 3.68. The average Bonchev–Trinajstić information content (AvgIpc) is 2.30. The molecule has 0 saturated carbocycles. The van der Waals surface area contributed by atoms with Crippen molar-refractivity contribution in [2.24, 2.45) is 0 Å². The molecule has 0 rings (SSSR count). The Morgan fingerprint density at radius 3 is 1.62 bits per heavy atom. The number of halogens is 1. The first kappa shape index (κ1) is 16.3. The maximum absolute atomic E-state index is 6.24. The average molecular weight is 247 g/mol. The van der Waals surface area contributed by atoms with Gasteiger partial charge in [0.25, 0.3) is 0 Å². The van der Waals surface area contributed by atoms with Gasteiger partial charge in [0, 0.05) is 5.38 Å². The maximum Gasteiger partial charge on any atom is 0.0336 e. The fourth-order valence-corrected chi connectivity index (χ4v) is 2.38. The number of alkyl halides is 1. The van der Waals surface area contributed by atoms with Crippen LogP contribution in [0.5, 0.6) is 0 Å². The van der Waals surface area contributed by atoms with Crippen LogP contribution in [0.1, 0.15) is 90.9 Å². The van der Waals surface area contributed by atoms with Crippen LogP contribution in [0.2, 0.25) is 0 Å². The van der Waals surface area contributed by atoms with Gasteiger partial charge in [0.2, 0.25) is 0 Å². The molecule has 0 amide bonds. The highest BCUT2D eigenvalue weighted by atomic mass is 35.5. The molecule has 0 fully saturated rings. The highest BCUT2D eigenvalue weighted by Crippen LogP contribution is 2.16. The predicted octanol–water partition coefficient (Wildman–Crippen LogP) is 6.31. The van der Waals surface area contributed by atoms with E-state index in [9.17, 15) is 0 Å². The standard InChI is InChI=1S/C15H31Cl/c1-3-5-7-8-9-10-11-12-14-15(16)13-6-4-2/h15H,3-14H2,1-2H3. The molecule has 16 heavy (non-hydrogen) atoms. The number of unbranched alkanes of at least 4 members (excludes halogenated alkanes) is 8. The number of hydrogen-bond donors (Lipinski definition) is 0. The number of hydrogen-bond acceptors (Lipinski definition) is 0. The van der Waals surface area contributed by atoms with E-state index in [1.165, 1.54) is 77.0 Å². The first-order chi connectivity index (χ1) is 7.81. The van der Waals surface area contributed by atoms with E-state index in [-0.39, 0.29) is 0 Å². The second kappa shape index (κ2) is 13.4. The summed E-state index contributed by atoms with van der Waals surface area (Å²) < 4.78 is 0. The number of rotatable bonds is 12. The molecule has 0 spiro atoms. The van der Waals surface area contributed by atoms with Crippen LogP contribution in [0.25, 0.3) is 0 Å². The summed E-state index contributed by atoms with van der Waals surface area (Å²) in [6, 6.07) is 0. The second-order valence-corrected chi connectivity index (χ2v) is 5.62. The lowest BCUT2D eigenvalue weighted by atomic mass is 10.0. The van der Waals surface area contributed by atoms with Crippen molar-refractivity contribution in [1.82, 2.24) is 0 Å². The largest absolute Gasteiger partial charge is 0.123 e. The van der Waals surface area contributed by atoms with E-state index >= 15 is 0 Å². The van der Waals surface area contributed by atoms with Gasteiger partial charge in [0.05, 0.1) is 0 Å². The van der Waals surface area contributed by atoms with E-state index in [0.717, 1.165) is 0 Å². The predicted molar refractivity (Wildman–Crippen MR) is 76.4 cm³/mol. The van der Waals surface area contributed by atoms with Gasteiger partial charge in [0.1, 0.15) is 0 Å². The van der Waals surface area contributed by atoms with Crippen molar-refractivity contribution >= 4 is 11.6 Å². The normalized spacial score (nSPS) is 12.9. The highest BCUT2D eigenvalue weighted by Gasteiger charge is 2.02. The van der Waals surface area contributed by atoms with E-state index in [1.54, 1.807) is 0 Å². The Bertz CT molecular complexity index is 123. The van der Waals surface area contributed by atoms with E-state index in [2.05, 4.69) is 13.8 Å². The van der Waals surface area contributed by atoms with Gasteiger partial charge in [-0.05, 0) is 12.8 Å². The van der Waals surface area contributed by atoms with Gasteiger partial charge in [-0.25, -0.2) is 0 Å². The first-order valence-electron chi connectivity index (χ1n) is 7.45. The van der Waals surface area contributed by atoms with Gasteiger partial charge < -0.3 is 0 Å². The SMILES string of the molecule is CCCCCCCCCCC(Cl)CCCC.